The van der Waals surface area contributed by atoms with E-state index in [-0.39, 0.29) is 22.1 Å². The first-order valence-corrected chi connectivity index (χ1v) is 7.85. The first-order valence-electron chi connectivity index (χ1n) is 7.47. The Kier molecular flexibility index (Phi) is 5.54. The molecule has 0 spiro atoms. The molecule has 6 nitrogen and oxygen atoms in total. The maximum atomic E-state index is 12.4. The van der Waals surface area contributed by atoms with Crippen LogP contribution in [0.5, 0.6) is 0 Å². The lowest BCUT2D eigenvalue weighted by Gasteiger charge is -2.13. The molecule has 0 saturated heterocycles. The summed E-state index contributed by atoms with van der Waals surface area (Å²) in [5, 5.41) is 10.6. The van der Waals surface area contributed by atoms with Crippen molar-refractivity contribution in [3.63, 3.8) is 0 Å². The summed E-state index contributed by atoms with van der Waals surface area (Å²) in [6, 6.07) is 8.65. The zero-order valence-corrected chi connectivity index (χ0v) is 14.7. The van der Waals surface area contributed by atoms with E-state index < -0.39 is 17.0 Å². The van der Waals surface area contributed by atoms with Crippen molar-refractivity contribution in [2.24, 2.45) is 0 Å². The number of aryl methyl sites for hydroxylation is 2. The van der Waals surface area contributed by atoms with Gasteiger partial charge in [-0.05, 0) is 44.0 Å². The minimum Gasteiger partial charge on any atom is -0.451 e. The molecule has 0 saturated carbocycles. The Bertz CT molecular complexity index is 863. The number of benzene rings is 2. The number of rotatable bonds is 5. The van der Waals surface area contributed by atoms with Crippen LogP contribution < -0.4 is 0 Å². The second kappa shape index (κ2) is 7.44. The molecule has 1 atom stereocenters. The summed E-state index contributed by atoms with van der Waals surface area (Å²) in [6.07, 6.45) is -1.01. The third-order valence-electron chi connectivity index (χ3n) is 3.83. The van der Waals surface area contributed by atoms with Gasteiger partial charge in [0.2, 0.25) is 5.78 Å². The van der Waals surface area contributed by atoms with E-state index in [2.05, 4.69) is 0 Å². The van der Waals surface area contributed by atoms with Crippen molar-refractivity contribution in [1.82, 2.24) is 0 Å². The van der Waals surface area contributed by atoms with Crippen molar-refractivity contribution in [1.29, 1.82) is 0 Å². The molecule has 0 unspecified atom stereocenters. The zero-order valence-electron chi connectivity index (χ0n) is 13.9. The third-order valence-corrected chi connectivity index (χ3v) is 4.14. The van der Waals surface area contributed by atoms with E-state index >= 15 is 0 Å². The molecule has 7 heteroatoms. The highest BCUT2D eigenvalue weighted by Crippen LogP contribution is 2.24. The van der Waals surface area contributed by atoms with Crippen LogP contribution in [-0.2, 0) is 4.74 Å². The summed E-state index contributed by atoms with van der Waals surface area (Å²) in [4.78, 5) is 34.7. The van der Waals surface area contributed by atoms with Gasteiger partial charge in [0.05, 0.1) is 15.5 Å². The molecule has 25 heavy (non-hydrogen) atoms. The standard InChI is InChI=1S/C18H16ClNO5/c1-10-4-5-13(8-11(10)2)17(21)12(3)25-18(22)15-7-6-14(20(23)24)9-16(15)19/h4-9,12H,1-3H3/t12-/m1/s1. The van der Waals surface area contributed by atoms with Crippen LogP contribution in [-0.4, -0.2) is 22.8 Å². The third kappa shape index (κ3) is 4.22. The molecule has 2 rings (SSSR count). The van der Waals surface area contributed by atoms with E-state index in [1.165, 1.54) is 13.0 Å². The van der Waals surface area contributed by atoms with Crippen LogP contribution in [0.4, 0.5) is 5.69 Å². The fraction of sp³-hybridized carbons (Fsp3) is 0.222. The molecule has 0 aliphatic heterocycles. The van der Waals surface area contributed by atoms with Crippen LogP contribution in [0.15, 0.2) is 36.4 Å². The van der Waals surface area contributed by atoms with Gasteiger partial charge in [-0.15, -0.1) is 0 Å². The summed E-state index contributed by atoms with van der Waals surface area (Å²) in [5.41, 5.74) is 2.19. The van der Waals surface area contributed by atoms with Gasteiger partial charge in [-0.1, -0.05) is 23.7 Å². The molecule has 0 aromatic heterocycles. The number of hydrogen-bond acceptors (Lipinski definition) is 5. The summed E-state index contributed by atoms with van der Waals surface area (Å²) < 4.78 is 5.16. The number of hydrogen-bond donors (Lipinski definition) is 0. The first-order chi connectivity index (χ1) is 11.7. The van der Waals surface area contributed by atoms with Crippen molar-refractivity contribution in [2.45, 2.75) is 26.9 Å². The second-order valence-corrected chi connectivity index (χ2v) is 6.04. The van der Waals surface area contributed by atoms with Gasteiger partial charge in [0, 0.05) is 17.7 Å². The SMILES string of the molecule is Cc1ccc(C(=O)[C@@H](C)OC(=O)c2ccc([N+](=O)[O-])cc2Cl)cc1C. The van der Waals surface area contributed by atoms with E-state index in [0.717, 1.165) is 23.3 Å². The molecule has 0 N–H and O–H groups in total. The molecular weight excluding hydrogens is 346 g/mol. The molecule has 0 bridgehead atoms. The predicted octanol–water partition coefficient (Wildman–Crippen LogP) is 4.29. The molecule has 0 aliphatic carbocycles. The Morgan fingerprint density at radius 2 is 1.80 bits per heavy atom. The number of nitro benzene ring substituents is 1. The predicted molar refractivity (Wildman–Crippen MR) is 93.2 cm³/mol. The van der Waals surface area contributed by atoms with Gasteiger partial charge >= 0.3 is 5.97 Å². The number of nitrogens with zero attached hydrogens (tertiary/aromatic N) is 1. The van der Waals surface area contributed by atoms with Crippen LogP contribution in [0.1, 0.15) is 38.8 Å². The van der Waals surface area contributed by atoms with Gasteiger partial charge in [-0.25, -0.2) is 4.79 Å². The molecule has 2 aromatic rings. The Balaban J connectivity index is 2.15. The van der Waals surface area contributed by atoms with E-state index in [9.17, 15) is 19.7 Å². The largest absolute Gasteiger partial charge is 0.451 e. The average Bonchev–Trinajstić information content (AvgIpc) is 2.56. The van der Waals surface area contributed by atoms with Gasteiger partial charge in [0.15, 0.2) is 6.10 Å². The molecule has 0 heterocycles. The fourth-order valence-corrected chi connectivity index (χ4v) is 2.44. The van der Waals surface area contributed by atoms with Crippen molar-refractivity contribution in [2.75, 3.05) is 0 Å². The van der Waals surface area contributed by atoms with Gasteiger partial charge in [0.25, 0.3) is 5.69 Å². The number of carbonyl (C=O) groups is 2. The first kappa shape index (κ1) is 18.6. The maximum Gasteiger partial charge on any atom is 0.340 e. The number of halogens is 1. The fourth-order valence-electron chi connectivity index (χ4n) is 2.19. The molecular formula is C18H16ClNO5. The van der Waals surface area contributed by atoms with Gasteiger partial charge in [-0.2, -0.15) is 0 Å². The topological polar surface area (TPSA) is 86.5 Å². The lowest BCUT2D eigenvalue weighted by Crippen LogP contribution is -2.24. The van der Waals surface area contributed by atoms with Crippen molar-refractivity contribution in [3.05, 3.63) is 73.8 Å². The van der Waals surface area contributed by atoms with Crippen molar-refractivity contribution in [3.8, 4) is 0 Å². The van der Waals surface area contributed by atoms with Crippen LogP contribution in [0.3, 0.4) is 0 Å². The summed E-state index contributed by atoms with van der Waals surface area (Å²) in [6.45, 7) is 5.29. The Labute approximate surface area is 149 Å². The Morgan fingerprint density at radius 1 is 1.12 bits per heavy atom. The quantitative estimate of drug-likeness (QED) is 0.343. The minimum absolute atomic E-state index is 0.0352. The van der Waals surface area contributed by atoms with Crippen LogP contribution in [0, 0.1) is 24.0 Å². The molecule has 0 aliphatic rings. The summed E-state index contributed by atoms with van der Waals surface area (Å²) in [5.74, 6) is -1.15. The average molecular weight is 362 g/mol. The van der Waals surface area contributed by atoms with Crippen LogP contribution >= 0.6 is 11.6 Å². The molecule has 0 fully saturated rings. The molecule has 2 aromatic carbocycles. The number of non-ortho nitro benzene ring substituents is 1. The number of esters is 1. The highest BCUT2D eigenvalue weighted by atomic mass is 35.5. The van der Waals surface area contributed by atoms with Crippen molar-refractivity contribution < 1.29 is 19.2 Å². The maximum absolute atomic E-state index is 12.4. The number of ketones is 1. The monoisotopic (exact) mass is 361 g/mol. The summed E-state index contributed by atoms with van der Waals surface area (Å²) >= 11 is 5.90. The number of ether oxygens (including phenoxy) is 1. The van der Waals surface area contributed by atoms with Crippen LogP contribution in [0.25, 0.3) is 0 Å². The highest BCUT2D eigenvalue weighted by molar-refractivity contribution is 6.33. The van der Waals surface area contributed by atoms with Gasteiger partial charge in [0.1, 0.15) is 0 Å². The van der Waals surface area contributed by atoms with E-state index in [1.807, 2.05) is 19.9 Å². The Hall–Kier alpha value is -2.73. The van der Waals surface area contributed by atoms with Crippen LogP contribution in [0.2, 0.25) is 5.02 Å². The van der Waals surface area contributed by atoms with E-state index in [1.54, 1.807) is 12.1 Å². The molecule has 0 amide bonds. The lowest BCUT2D eigenvalue weighted by atomic mass is 10.0. The summed E-state index contributed by atoms with van der Waals surface area (Å²) in [7, 11) is 0. The number of Topliss-reactive ketones (excluding diaryl/α,β-unsaturated/α-hetero) is 1. The number of nitro groups is 1. The Morgan fingerprint density at radius 3 is 2.36 bits per heavy atom. The smallest absolute Gasteiger partial charge is 0.340 e. The van der Waals surface area contributed by atoms with E-state index in [0.29, 0.717) is 5.56 Å². The minimum atomic E-state index is -1.01. The van der Waals surface area contributed by atoms with Gasteiger partial charge in [-0.3, -0.25) is 14.9 Å². The second-order valence-electron chi connectivity index (χ2n) is 5.63. The lowest BCUT2D eigenvalue weighted by molar-refractivity contribution is -0.384. The van der Waals surface area contributed by atoms with Crippen molar-refractivity contribution >= 4 is 29.0 Å². The highest BCUT2D eigenvalue weighted by Gasteiger charge is 2.23. The normalized spacial score (nSPS) is 11.7. The van der Waals surface area contributed by atoms with E-state index in [4.69, 9.17) is 16.3 Å². The molecule has 130 valence electrons. The zero-order chi connectivity index (χ0) is 18.7. The molecule has 0 radical (unpaired) electrons. The van der Waals surface area contributed by atoms with Gasteiger partial charge < -0.3 is 4.74 Å². The number of carbonyl (C=O) groups excluding carboxylic acids is 2.